The van der Waals surface area contributed by atoms with Crippen molar-refractivity contribution in [2.24, 2.45) is 0 Å². The van der Waals surface area contributed by atoms with Crippen LogP contribution in [0.25, 0.3) is 11.0 Å². The number of anilines is 1. The Morgan fingerprint density at radius 1 is 1.25 bits per heavy atom. The van der Waals surface area contributed by atoms with Crippen LogP contribution >= 0.6 is 11.8 Å². The molecule has 0 atom stereocenters. The van der Waals surface area contributed by atoms with Gasteiger partial charge in [-0.05, 0) is 31.9 Å². The third-order valence-corrected chi connectivity index (χ3v) is 5.22. The number of nitrogens with zero attached hydrogens (tertiary/aromatic N) is 2. The molecular weight excluding hydrogens is 280 g/mol. The Labute approximate surface area is 120 Å². The number of nitrogen functional groups attached to an aromatic ring is 1. The molecule has 0 aliphatic heterocycles. The van der Waals surface area contributed by atoms with Crippen LogP contribution < -0.4 is 5.73 Å². The summed E-state index contributed by atoms with van der Waals surface area (Å²) in [5.41, 5.74) is 6.56. The van der Waals surface area contributed by atoms with Gasteiger partial charge < -0.3 is 10.3 Å². The number of imidazole rings is 1. The first-order chi connectivity index (χ1) is 9.60. The molecule has 0 bridgehead atoms. The number of halogens is 2. The van der Waals surface area contributed by atoms with Gasteiger partial charge in [0.05, 0.1) is 5.52 Å². The van der Waals surface area contributed by atoms with Crippen LogP contribution in [0.5, 0.6) is 0 Å². The van der Waals surface area contributed by atoms with E-state index >= 15 is 0 Å². The van der Waals surface area contributed by atoms with Crippen LogP contribution in [-0.4, -0.2) is 21.1 Å². The van der Waals surface area contributed by atoms with E-state index in [1.54, 1.807) is 4.57 Å². The number of hydrogen-bond acceptors (Lipinski definition) is 3. The molecule has 6 heteroatoms. The van der Waals surface area contributed by atoms with Gasteiger partial charge in [0, 0.05) is 23.4 Å². The van der Waals surface area contributed by atoms with Crippen LogP contribution in [0.3, 0.4) is 0 Å². The molecule has 1 saturated carbocycles. The van der Waals surface area contributed by atoms with E-state index in [1.807, 2.05) is 11.8 Å². The Morgan fingerprint density at radius 3 is 2.60 bits per heavy atom. The Bertz CT molecular complexity index is 633. The first-order valence-electron chi connectivity index (χ1n) is 6.75. The standard InChI is InChI=1S/C14H17F2N3S/c1-20-10-4-2-9(3-5-10)19-12-7-8(15)6-11(16)13(12)18-14(19)17/h6-7,9-10H,2-5H2,1H3,(H2,17,18). The maximum Gasteiger partial charge on any atom is 0.201 e. The van der Waals surface area contributed by atoms with Crippen molar-refractivity contribution in [1.29, 1.82) is 0 Å². The van der Waals surface area contributed by atoms with E-state index in [1.165, 1.54) is 6.07 Å². The van der Waals surface area contributed by atoms with Crippen molar-refractivity contribution in [3.05, 3.63) is 23.8 Å². The van der Waals surface area contributed by atoms with Crippen molar-refractivity contribution in [3.8, 4) is 0 Å². The maximum absolute atomic E-state index is 13.7. The minimum absolute atomic E-state index is 0.163. The van der Waals surface area contributed by atoms with Crippen molar-refractivity contribution in [1.82, 2.24) is 9.55 Å². The summed E-state index contributed by atoms with van der Waals surface area (Å²) in [5, 5.41) is 0.677. The molecule has 2 N–H and O–H groups in total. The third-order valence-electron chi connectivity index (χ3n) is 4.08. The predicted molar refractivity (Wildman–Crippen MR) is 78.9 cm³/mol. The highest BCUT2D eigenvalue weighted by atomic mass is 32.2. The molecule has 1 aromatic carbocycles. The summed E-state index contributed by atoms with van der Waals surface area (Å²) in [4.78, 5) is 4.06. The fourth-order valence-electron chi connectivity index (χ4n) is 3.06. The zero-order valence-electron chi connectivity index (χ0n) is 11.3. The summed E-state index contributed by atoms with van der Waals surface area (Å²) >= 11 is 1.88. The molecule has 3 rings (SSSR count). The summed E-state index contributed by atoms with van der Waals surface area (Å²) in [7, 11) is 0. The van der Waals surface area contributed by atoms with Crippen molar-refractivity contribution >= 4 is 28.7 Å². The molecule has 0 amide bonds. The van der Waals surface area contributed by atoms with Crippen molar-refractivity contribution in [2.75, 3.05) is 12.0 Å². The van der Waals surface area contributed by atoms with E-state index in [4.69, 9.17) is 5.73 Å². The largest absolute Gasteiger partial charge is 0.369 e. The molecule has 1 aliphatic carbocycles. The molecule has 0 spiro atoms. The molecule has 2 aromatic rings. The highest BCUT2D eigenvalue weighted by Gasteiger charge is 2.25. The van der Waals surface area contributed by atoms with E-state index < -0.39 is 11.6 Å². The number of fused-ring (bicyclic) bond motifs is 1. The van der Waals surface area contributed by atoms with Gasteiger partial charge in [0.25, 0.3) is 0 Å². The van der Waals surface area contributed by atoms with Gasteiger partial charge in [-0.1, -0.05) is 0 Å². The number of rotatable bonds is 2. The molecule has 1 aromatic heterocycles. The van der Waals surface area contributed by atoms with Gasteiger partial charge in [0.1, 0.15) is 11.3 Å². The van der Waals surface area contributed by atoms with Crippen LogP contribution in [0.4, 0.5) is 14.7 Å². The highest BCUT2D eigenvalue weighted by molar-refractivity contribution is 7.99. The second-order valence-corrected chi connectivity index (χ2v) is 6.40. The summed E-state index contributed by atoms with van der Waals surface area (Å²) < 4.78 is 29.0. The lowest BCUT2D eigenvalue weighted by Gasteiger charge is -2.29. The second kappa shape index (κ2) is 5.24. The van der Waals surface area contributed by atoms with E-state index in [9.17, 15) is 8.78 Å². The van der Waals surface area contributed by atoms with E-state index in [0.29, 0.717) is 10.8 Å². The van der Waals surface area contributed by atoms with Crippen LogP contribution in [0.1, 0.15) is 31.7 Å². The zero-order valence-corrected chi connectivity index (χ0v) is 12.1. The van der Waals surface area contributed by atoms with E-state index in [0.717, 1.165) is 31.7 Å². The summed E-state index contributed by atoms with van der Waals surface area (Å²) in [6.45, 7) is 0. The monoisotopic (exact) mass is 297 g/mol. The SMILES string of the molecule is CSC1CCC(n2c(N)nc3c(F)cc(F)cc32)CC1. The van der Waals surface area contributed by atoms with Gasteiger partial charge in [-0.25, -0.2) is 13.8 Å². The molecule has 1 fully saturated rings. The third kappa shape index (κ3) is 2.26. The lowest BCUT2D eigenvalue weighted by atomic mass is 9.94. The number of hydrogen-bond donors (Lipinski definition) is 1. The Morgan fingerprint density at radius 2 is 1.95 bits per heavy atom. The summed E-state index contributed by atoms with van der Waals surface area (Å²) in [6.07, 6.45) is 6.26. The molecule has 1 heterocycles. The second-order valence-electron chi connectivity index (χ2n) is 5.26. The zero-order chi connectivity index (χ0) is 14.3. The van der Waals surface area contributed by atoms with Gasteiger partial charge in [-0.15, -0.1) is 0 Å². The number of nitrogens with two attached hydrogens (primary N) is 1. The van der Waals surface area contributed by atoms with Crippen molar-refractivity contribution in [2.45, 2.75) is 37.0 Å². The normalized spacial score (nSPS) is 23.4. The fourth-order valence-corrected chi connectivity index (χ4v) is 3.81. The average Bonchev–Trinajstić information content (AvgIpc) is 2.76. The lowest BCUT2D eigenvalue weighted by Crippen LogP contribution is -2.20. The van der Waals surface area contributed by atoms with Gasteiger partial charge in [-0.2, -0.15) is 11.8 Å². The summed E-state index contributed by atoms with van der Waals surface area (Å²) in [6, 6.07) is 2.36. The average molecular weight is 297 g/mol. The number of benzene rings is 1. The Kier molecular flexibility index (Phi) is 3.58. The quantitative estimate of drug-likeness (QED) is 0.918. The molecule has 0 unspecified atom stereocenters. The molecule has 108 valence electrons. The van der Waals surface area contributed by atoms with Crippen molar-refractivity contribution < 1.29 is 8.78 Å². The lowest BCUT2D eigenvalue weighted by molar-refractivity contribution is 0.369. The summed E-state index contributed by atoms with van der Waals surface area (Å²) in [5.74, 6) is -0.964. The van der Waals surface area contributed by atoms with Crippen LogP contribution in [0, 0.1) is 11.6 Å². The minimum Gasteiger partial charge on any atom is -0.369 e. The number of aromatic nitrogens is 2. The van der Waals surface area contributed by atoms with E-state index in [-0.39, 0.29) is 17.5 Å². The first kappa shape index (κ1) is 13.7. The van der Waals surface area contributed by atoms with Gasteiger partial charge in [-0.3, -0.25) is 0 Å². The van der Waals surface area contributed by atoms with Crippen LogP contribution in [0.15, 0.2) is 12.1 Å². The van der Waals surface area contributed by atoms with Crippen LogP contribution in [0.2, 0.25) is 0 Å². The Balaban J connectivity index is 2.01. The molecule has 0 radical (unpaired) electrons. The van der Waals surface area contributed by atoms with Crippen LogP contribution in [-0.2, 0) is 0 Å². The number of thioether (sulfide) groups is 1. The molecule has 3 nitrogen and oxygen atoms in total. The van der Waals surface area contributed by atoms with Gasteiger partial charge >= 0.3 is 0 Å². The van der Waals surface area contributed by atoms with Crippen molar-refractivity contribution in [3.63, 3.8) is 0 Å². The van der Waals surface area contributed by atoms with E-state index in [2.05, 4.69) is 11.2 Å². The smallest absolute Gasteiger partial charge is 0.201 e. The first-order valence-corrected chi connectivity index (χ1v) is 8.04. The topological polar surface area (TPSA) is 43.8 Å². The molecule has 1 aliphatic rings. The predicted octanol–water partition coefficient (Wildman–Crippen LogP) is 3.74. The fraction of sp³-hybridized carbons (Fsp3) is 0.500. The minimum atomic E-state index is -0.650. The molecular formula is C14H17F2N3S. The van der Waals surface area contributed by atoms with Gasteiger partial charge in [0.15, 0.2) is 5.82 Å². The Hall–Kier alpha value is -1.30. The maximum atomic E-state index is 13.7. The molecule has 20 heavy (non-hydrogen) atoms. The van der Waals surface area contributed by atoms with Gasteiger partial charge in [0.2, 0.25) is 5.95 Å². The highest BCUT2D eigenvalue weighted by Crippen LogP contribution is 2.37. The molecule has 0 saturated heterocycles.